The van der Waals surface area contributed by atoms with Crippen molar-refractivity contribution in [1.82, 2.24) is 15.3 Å². The number of nitrogens with zero attached hydrogens (tertiary/aromatic N) is 3. The fourth-order valence-corrected chi connectivity index (χ4v) is 3.70. The Labute approximate surface area is 155 Å². The van der Waals surface area contributed by atoms with Crippen molar-refractivity contribution in [3.05, 3.63) is 47.8 Å². The Morgan fingerprint density at radius 1 is 1.12 bits per heavy atom. The van der Waals surface area contributed by atoms with Crippen LogP contribution in [0.15, 0.2) is 36.5 Å². The van der Waals surface area contributed by atoms with Gasteiger partial charge in [0.1, 0.15) is 0 Å². The normalized spacial score (nSPS) is 17.0. The van der Waals surface area contributed by atoms with Crippen LogP contribution in [0, 0.1) is 5.92 Å². The molecule has 0 spiro atoms. The number of aromatic nitrogens is 2. The maximum absolute atomic E-state index is 4.81. The molecule has 4 rings (SSSR count). The average Bonchev–Trinajstić information content (AvgIpc) is 2.68. The Balaban J connectivity index is 1.51. The van der Waals surface area contributed by atoms with Crippen LogP contribution in [0.1, 0.15) is 31.5 Å². The average molecular weight is 349 g/mol. The van der Waals surface area contributed by atoms with E-state index in [-0.39, 0.29) is 0 Å². The van der Waals surface area contributed by atoms with Gasteiger partial charge in [-0.2, -0.15) is 0 Å². The number of allylic oxidation sites excluding steroid dienone is 2. The third kappa shape index (κ3) is 3.58. The van der Waals surface area contributed by atoms with Crippen molar-refractivity contribution in [2.45, 2.75) is 26.7 Å². The standard InChI is InChI=1S/C21H27N5/c1-15(2)19-5-3-4-16-14-23-21(25-20(16)19)24-17-6-8-18(9-7-17)26-12-10-22-11-13-26/h5-9,14-15,22H,3-4,10-13H2,1-2H3,(H,23,24,25). The van der Waals surface area contributed by atoms with Gasteiger partial charge in [0.15, 0.2) is 0 Å². The van der Waals surface area contributed by atoms with Crippen molar-refractivity contribution in [3.63, 3.8) is 0 Å². The van der Waals surface area contributed by atoms with E-state index < -0.39 is 0 Å². The highest BCUT2D eigenvalue weighted by molar-refractivity contribution is 5.69. The summed E-state index contributed by atoms with van der Waals surface area (Å²) in [6.45, 7) is 8.68. The lowest BCUT2D eigenvalue weighted by molar-refractivity contribution is 0.589. The van der Waals surface area contributed by atoms with Gasteiger partial charge in [0.25, 0.3) is 0 Å². The van der Waals surface area contributed by atoms with Crippen LogP contribution >= 0.6 is 0 Å². The minimum Gasteiger partial charge on any atom is -0.369 e. The predicted octanol–water partition coefficient (Wildman–Crippen LogP) is 3.62. The van der Waals surface area contributed by atoms with Crippen LogP contribution in [0.4, 0.5) is 17.3 Å². The molecule has 26 heavy (non-hydrogen) atoms. The lowest BCUT2D eigenvalue weighted by Gasteiger charge is -2.29. The van der Waals surface area contributed by atoms with Gasteiger partial charge < -0.3 is 15.5 Å². The molecule has 0 saturated carbocycles. The first-order chi connectivity index (χ1) is 12.7. The minimum atomic E-state index is 0.482. The first-order valence-corrected chi connectivity index (χ1v) is 9.60. The van der Waals surface area contributed by atoms with Gasteiger partial charge in [-0.3, -0.25) is 0 Å². The zero-order valence-electron chi connectivity index (χ0n) is 15.6. The van der Waals surface area contributed by atoms with E-state index in [2.05, 4.69) is 64.7 Å². The van der Waals surface area contributed by atoms with Crippen molar-refractivity contribution in [2.24, 2.45) is 5.92 Å². The fourth-order valence-electron chi connectivity index (χ4n) is 3.70. The number of hydrogen-bond acceptors (Lipinski definition) is 5. The van der Waals surface area contributed by atoms with Gasteiger partial charge in [-0.1, -0.05) is 19.9 Å². The van der Waals surface area contributed by atoms with Crippen molar-refractivity contribution in [1.29, 1.82) is 0 Å². The first kappa shape index (κ1) is 17.0. The summed E-state index contributed by atoms with van der Waals surface area (Å²) in [6, 6.07) is 8.57. The van der Waals surface area contributed by atoms with Crippen molar-refractivity contribution in [3.8, 4) is 0 Å². The van der Waals surface area contributed by atoms with Crippen molar-refractivity contribution < 1.29 is 0 Å². The van der Waals surface area contributed by atoms with E-state index in [9.17, 15) is 0 Å². The van der Waals surface area contributed by atoms with Crippen molar-refractivity contribution >= 4 is 22.9 Å². The van der Waals surface area contributed by atoms with Crippen LogP contribution in [-0.2, 0) is 6.42 Å². The van der Waals surface area contributed by atoms with Gasteiger partial charge in [-0.25, -0.2) is 9.97 Å². The molecular weight excluding hydrogens is 322 g/mol. The summed E-state index contributed by atoms with van der Waals surface area (Å²) < 4.78 is 0. The molecule has 136 valence electrons. The predicted molar refractivity (Wildman–Crippen MR) is 108 cm³/mol. The molecule has 1 aromatic heterocycles. The molecule has 2 N–H and O–H groups in total. The van der Waals surface area contributed by atoms with Crippen LogP contribution in [0.3, 0.4) is 0 Å². The lowest BCUT2D eigenvalue weighted by Crippen LogP contribution is -2.43. The Hall–Kier alpha value is -2.40. The van der Waals surface area contributed by atoms with Gasteiger partial charge >= 0.3 is 0 Å². The molecule has 1 saturated heterocycles. The molecule has 5 heteroatoms. The summed E-state index contributed by atoms with van der Waals surface area (Å²) in [7, 11) is 0. The zero-order valence-corrected chi connectivity index (χ0v) is 15.6. The second-order valence-electron chi connectivity index (χ2n) is 7.33. The molecule has 0 unspecified atom stereocenters. The topological polar surface area (TPSA) is 53.1 Å². The highest BCUT2D eigenvalue weighted by atomic mass is 15.2. The van der Waals surface area contributed by atoms with Crippen LogP contribution in [0.25, 0.3) is 5.57 Å². The Morgan fingerprint density at radius 2 is 1.88 bits per heavy atom. The van der Waals surface area contributed by atoms with E-state index in [1.165, 1.54) is 16.8 Å². The molecule has 2 aliphatic rings. The van der Waals surface area contributed by atoms with Gasteiger partial charge in [0, 0.05) is 43.8 Å². The van der Waals surface area contributed by atoms with E-state index in [0.29, 0.717) is 11.9 Å². The quantitative estimate of drug-likeness (QED) is 0.883. The number of rotatable bonds is 4. The van der Waals surface area contributed by atoms with E-state index in [4.69, 9.17) is 4.98 Å². The summed E-state index contributed by atoms with van der Waals surface area (Å²) in [5.41, 5.74) is 6.01. The number of piperazine rings is 1. The third-order valence-electron chi connectivity index (χ3n) is 5.14. The fraction of sp³-hybridized carbons (Fsp3) is 0.429. The van der Waals surface area contributed by atoms with Crippen LogP contribution in [0.2, 0.25) is 0 Å². The summed E-state index contributed by atoms with van der Waals surface area (Å²) in [4.78, 5) is 11.8. The summed E-state index contributed by atoms with van der Waals surface area (Å²) >= 11 is 0. The lowest BCUT2D eigenvalue weighted by atomic mass is 9.90. The zero-order chi connectivity index (χ0) is 17.9. The second-order valence-corrected chi connectivity index (χ2v) is 7.33. The number of nitrogens with one attached hydrogen (secondary N) is 2. The second kappa shape index (κ2) is 7.46. The monoisotopic (exact) mass is 349 g/mol. The summed E-state index contributed by atoms with van der Waals surface area (Å²) in [5, 5.41) is 6.75. The number of anilines is 3. The highest BCUT2D eigenvalue weighted by Gasteiger charge is 2.18. The van der Waals surface area contributed by atoms with Gasteiger partial charge in [-0.15, -0.1) is 0 Å². The minimum absolute atomic E-state index is 0.482. The van der Waals surface area contributed by atoms with E-state index in [0.717, 1.165) is 50.4 Å². The van der Waals surface area contributed by atoms with Gasteiger partial charge in [-0.05, 0) is 54.2 Å². The molecule has 1 aromatic carbocycles. The molecule has 5 nitrogen and oxygen atoms in total. The van der Waals surface area contributed by atoms with E-state index >= 15 is 0 Å². The Morgan fingerprint density at radius 3 is 2.62 bits per heavy atom. The first-order valence-electron chi connectivity index (χ1n) is 9.60. The molecule has 2 heterocycles. The molecule has 0 atom stereocenters. The number of hydrogen-bond donors (Lipinski definition) is 2. The number of fused-ring (bicyclic) bond motifs is 1. The largest absolute Gasteiger partial charge is 0.369 e. The molecule has 1 aliphatic heterocycles. The highest BCUT2D eigenvalue weighted by Crippen LogP contribution is 2.31. The molecule has 0 radical (unpaired) electrons. The molecule has 2 aromatic rings. The number of aryl methyl sites for hydroxylation is 1. The summed E-state index contributed by atoms with van der Waals surface area (Å²) in [6.07, 6.45) is 6.43. The Bertz CT molecular complexity index is 789. The van der Waals surface area contributed by atoms with E-state index in [1.54, 1.807) is 0 Å². The molecule has 1 fully saturated rings. The maximum atomic E-state index is 4.81. The molecule has 0 amide bonds. The maximum Gasteiger partial charge on any atom is 0.227 e. The summed E-state index contributed by atoms with van der Waals surface area (Å²) in [5.74, 6) is 1.15. The van der Waals surface area contributed by atoms with Crippen LogP contribution < -0.4 is 15.5 Å². The van der Waals surface area contributed by atoms with Gasteiger partial charge in [0.2, 0.25) is 5.95 Å². The smallest absolute Gasteiger partial charge is 0.227 e. The molecular formula is C21H27N5. The van der Waals surface area contributed by atoms with E-state index in [1.807, 2.05) is 6.20 Å². The van der Waals surface area contributed by atoms with Crippen LogP contribution in [-0.4, -0.2) is 36.1 Å². The number of benzene rings is 1. The Kier molecular flexibility index (Phi) is 4.89. The van der Waals surface area contributed by atoms with Crippen molar-refractivity contribution in [2.75, 3.05) is 36.4 Å². The SMILES string of the molecule is CC(C)C1=CCCc2cnc(Nc3ccc(N4CCNCC4)cc3)nc21. The van der Waals surface area contributed by atoms with Gasteiger partial charge in [0.05, 0.1) is 5.69 Å². The molecule has 0 bridgehead atoms. The third-order valence-corrected chi connectivity index (χ3v) is 5.14. The van der Waals surface area contributed by atoms with Crippen LogP contribution in [0.5, 0.6) is 0 Å². The molecule has 1 aliphatic carbocycles.